The number of benzene rings is 1. The topological polar surface area (TPSA) is 66.6 Å². The van der Waals surface area contributed by atoms with Crippen LogP contribution in [0.4, 0.5) is 11.4 Å². The van der Waals surface area contributed by atoms with E-state index in [1.807, 2.05) is 24.8 Å². The van der Waals surface area contributed by atoms with Gasteiger partial charge in [0.05, 0.1) is 11.5 Å². The molecule has 1 aromatic rings. The average molecular weight is 224 g/mol. The minimum atomic E-state index is -0.416. The van der Waals surface area contributed by atoms with Gasteiger partial charge in [-0.1, -0.05) is 6.07 Å². The molecular weight excluding hydrogens is 208 g/mol. The van der Waals surface area contributed by atoms with Crippen LogP contribution >= 0.6 is 0 Å². The standard InChI is InChI=1S/C11H16N2O3/c1-9(2)12(6-7-14)10-4-3-5-11(8-10)13(15)16/h3-5,8-9,14H,6-7H2,1-2H3. The largest absolute Gasteiger partial charge is 0.395 e. The molecule has 0 radical (unpaired) electrons. The number of hydrogen-bond donors (Lipinski definition) is 1. The van der Waals surface area contributed by atoms with Crippen LogP contribution in [0, 0.1) is 10.1 Å². The van der Waals surface area contributed by atoms with Crippen LogP contribution in [-0.4, -0.2) is 29.2 Å². The molecule has 0 saturated carbocycles. The number of hydrogen-bond acceptors (Lipinski definition) is 4. The Labute approximate surface area is 94.5 Å². The maximum atomic E-state index is 10.6. The van der Waals surface area contributed by atoms with Crippen molar-refractivity contribution < 1.29 is 10.0 Å². The van der Waals surface area contributed by atoms with Crippen LogP contribution in [0.15, 0.2) is 24.3 Å². The van der Waals surface area contributed by atoms with E-state index in [4.69, 9.17) is 5.11 Å². The quantitative estimate of drug-likeness (QED) is 0.611. The second-order valence-electron chi connectivity index (χ2n) is 3.79. The minimum Gasteiger partial charge on any atom is -0.395 e. The highest BCUT2D eigenvalue weighted by atomic mass is 16.6. The summed E-state index contributed by atoms with van der Waals surface area (Å²) in [6.07, 6.45) is 0. The molecule has 0 aliphatic rings. The molecule has 0 spiro atoms. The lowest BCUT2D eigenvalue weighted by molar-refractivity contribution is -0.384. The Kier molecular flexibility index (Phi) is 4.25. The third kappa shape index (κ3) is 2.93. The molecule has 0 amide bonds. The fourth-order valence-electron chi connectivity index (χ4n) is 1.58. The molecule has 1 aromatic carbocycles. The van der Waals surface area contributed by atoms with Crippen molar-refractivity contribution in [2.24, 2.45) is 0 Å². The molecule has 5 nitrogen and oxygen atoms in total. The van der Waals surface area contributed by atoms with Gasteiger partial charge in [-0.2, -0.15) is 0 Å². The van der Waals surface area contributed by atoms with Crippen molar-refractivity contribution in [3.05, 3.63) is 34.4 Å². The van der Waals surface area contributed by atoms with E-state index in [2.05, 4.69) is 0 Å². The summed E-state index contributed by atoms with van der Waals surface area (Å²) in [4.78, 5) is 12.1. The van der Waals surface area contributed by atoms with Crippen LogP contribution in [0.3, 0.4) is 0 Å². The summed E-state index contributed by atoms with van der Waals surface area (Å²) >= 11 is 0. The summed E-state index contributed by atoms with van der Waals surface area (Å²) in [5.74, 6) is 0. The fraction of sp³-hybridized carbons (Fsp3) is 0.455. The Morgan fingerprint density at radius 2 is 2.19 bits per heavy atom. The lowest BCUT2D eigenvalue weighted by Gasteiger charge is -2.27. The van der Waals surface area contributed by atoms with Crippen molar-refractivity contribution in [1.29, 1.82) is 0 Å². The monoisotopic (exact) mass is 224 g/mol. The van der Waals surface area contributed by atoms with Crippen molar-refractivity contribution in [1.82, 2.24) is 0 Å². The van der Waals surface area contributed by atoms with Gasteiger partial charge in [0, 0.05) is 30.4 Å². The number of rotatable bonds is 5. The maximum absolute atomic E-state index is 10.6. The van der Waals surface area contributed by atoms with Gasteiger partial charge in [-0.15, -0.1) is 0 Å². The molecule has 1 N–H and O–H groups in total. The van der Waals surface area contributed by atoms with Crippen LogP contribution < -0.4 is 4.90 Å². The molecule has 0 aliphatic carbocycles. The van der Waals surface area contributed by atoms with Crippen LogP contribution in [0.5, 0.6) is 0 Å². The molecule has 1 rings (SSSR count). The second-order valence-corrected chi connectivity index (χ2v) is 3.79. The van der Waals surface area contributed by atoms with Gasteiger partial charge in [-0.3, -0.25) is 10.1 Å². The highest BCUT2D eigenvalue weighted by Gasteiger charge is 2.13. The zero-order chi connectivity index (χ0) is 12.1. The summed E-state index contributed by atoms with van der Waals surface area (Å²) in [5, 5.41) is 19.6. The Morgan fingerprint density at radius 3 is 2.69 bits per heavy atom. The zero-order valence-electron chi connectivity index (χ0n) is 9.46. The van der Waals surface area contributed by atoms with Gasteiger partial charge in [0.25, 0.3) is 5.69 Å². The molecule has 16 heavy (non-hydrogen) atoms. The molecule has 0 saturated heterocycles. The second kappa shape index (κ2) is 5.46. The van der Waals surface area contributed by atoms with Crippen LogP contribution in [0.2, 0.25) is 0 Å². The Bertz CT molecular complexity index is 366. The van der Waals surface area contributed by atoms with E-state index in [1.165, 1.54) is 12.1 Å². The van der Waals surface area contributed by atoms with Crippen LogP contribution in [-0.2, 0) is 0 Å². The molecule has 0 aliphatic heterocycles. The van der Waals surface area contributed by atoms with Crippen LogP contribution in [0.25, 0.3) is 0 Å². The first-order chi connectivity index (χ1) is 7.56. The highest BCUT2D eigenvalue weighted by Crippen LogP contribution is 2.22. The minimum absolute atomic E-state index is 0.0286. The van der Waals surface area contributed by atoms with Gasteiger partial charge >= 0.3 is 0 Å². The van der Waals surface area contributed by atoms with E-state index in [0.29, 0.717) is 6.54 Å². The molecule has 0 bridgehead atoms. The number of non-ortho nitro benzene ring substituents is 1. The first-order valence-corrected chi connectivity index (χ1v) is 5.18. The number of nitrogens with zero attached hydrogens (tertiary/aromatic N) is 2. The number of aliphatic hydroxyl groups is 1. The lowest BCUT2D eigenvalue weighted by Crippen LogP contribution is -2.33. The highest BCUT2D eigenvalue weighted by molar-refractivity contribution is 5.53. The summed E-state index contributed by atoms with van der Waals surface area (Å²) in [6.45, 7) is 4.46. The number of nitro benzene ring substituents is 1. The molecule has 0 heterocycles. The fourth-order valence-corrected chi connectivity index (χ4v) is 1.58. The molecule has 0 aromatic heterocycles. The van der Waals surface area contributed by atoms with Crippen LogP contribution in [0.1, 0.15) is 13.8 Å². The van der Waals surface area contributed by atoms with Gasteiger partial charge in [0.15, 0.2) is 0 Å². The van der Waals surface area contributed by atoms with Crippen molar-refractivity contribution >= 4 is 11.4 Å². The zero-order valence-corrected chi connectivity index (χ0v) is 9.46. The Balaban J connectivity index is 3.00. The maximum Gasteiger partial charge on any atom is 0.271 e. The Morgan fingerprint density at radius 1 is 1.50 bits per heavy atom. The van der Waals surface area contributed by atoms with Crippen molar-refractivity contribution in [2.75, 3.05) is 18.1 Å². The van der Waals surface area contributed by atoms with Gasteiger partial charge in [0.2, 0.25) is 0 Å². The smallest absolute Gasteiger partial charge is 0.271 e. The lowest BCUT2D eigenvalue weighted by atomic mass is 10.2. The third-order valence-corrected chi connectivity index (χ3v) is 2.34. The predicted octanol–water partition coefficient (Wildman–Crippen LogP) is 1.80. The van der Waals surface area contributed by atoms with Gasteiger partial charge in [-0.25, -0.2) is 0 Å². The average Bonchev–Trinajstić information content (AvgIpc) is 2.25. The molecule has 0 atom stereocenters. The molecule has 0 unspecified atom stereocenters. The first kappa shape index (κ1) is 12.4. The predicted molar refractivity (Wildman–Crippen MR) is 62.7 cm³/mol. The van der Waals surface area contributed by atoms with E-state index in [1.54, 1.807) is 6.07 Å². The van der Waals surface area contributed by atoms with Crippen molar-refractivity contribution in [3.63, 3.8) is 0 Å². The summed E-state index contributed by atoms with van der Waals surface area (Å²) in [7, 11) is 0. The van der Waals surface area contributed by atoms with E-state index in [9.17, 15) is 10.1 Å². The number of nitro groups is 1. The van der Waals surface area contributed by atoms with Crippen molar-refractivity contribution in [2.45, 2.75) is 19.9 Å². The number of aliphatic hydroxyl groups excluding tert-OH is 1. The Hall–Kier alpha value is -1.62. The number of anilines is 1. The molecule has 0 fully saturated rings. The third-order valence-electron chi connectivity index (χ3n) is 2.34. The molecule has 5 heteroatoms. The van der Waals surface area contributed by atoms with Gasteiger partial charge in [0.1, 0.15) is 0 Å². The van der Waals surface area contributed by atoms with E-state index in [-0.39, 0.29) is 18.3 Å². The molecule has 88 valence electrons. The van der Waals surface area contributed by atoms with E-state index < -0.39 is 4.92 Å². The van der Waals surface area contributed by atoms with E-state index >= 15 is 0 Å². The molecular formula is C11H16N2O3. The summed E-state index contributed by atoms with van der Waals surface area (Å²) in [6, 6.07) is 6.63. The van der Waals surface area contributed by atoms with Gasteiger partial charge < -0.3 is 10.0 Å². The first-order valence-electron chi connectivity index (χ1n) is 5.18. The van der Waals surface area contributed by atoms with Crippen molar-refractivity contribution in [3.8, 4) is 0 Å². The van der Waals surface area contributed by atoms with E-state index in [0.717, 1.165) is 5.69 Å². The SMILES string of the molecule is CC(C)N(CCO)c1cccc([N+](=O)[O-])c1. The van der Waals surface area contributed by atoms with Gasteiger partial charge in [-0.05, 0) is 19.9 Å². The summed E-state index contributed by atoms with van der Waals surface area (Å²) in [5.41, 5.74) is 0.833. The normalized spacial score (nSPS) is 10.5. The summed E-state index contributed by atoms with van der Waals surface area (Å²) < 4.78 is 0.